The predicted molar refractivity (Wildman–Crippen MR) is 66.0 cm³/mol. The largest absolute Gasteiger partial charge is 0.471 e. The summed E-state index contributed by atoms with van der Waals surface area (Å²) in [7, 11) is 0. The average Bonchev–Trinajstić information content (AvgIpc) is 2.29. The molecule has 0 aliphatic heterocycles. The lowest BCUT2D eigenvalue weighted by Gasteiger charge is -2.34. The summed E-state index contributed by atoms with van der Waals surface area (Å²) in [4.78, 5) is 12.4. The van der Waals surface area contributed by atoms with Crippen molar-refractivity contribution in [2.24, 2.45) is 5.73 Å². The minimum atomic E-state index is -4.83. The summed E-state index contributed by atoms with van der Waals surface area (Å²) in [6.07, 6.45) is -0.710. The molecule has 3 nitrogen and oxygen atoms in total. The molecule has 7 heteroatoms. The minimum absolute atomic E-state index is 0.0433. The van der Waals surface area contributed by atoms with Crippen molar-refractivity contribution in [3.8, 4) is 0 Å². The van der Waals surface area contributed by atoms with Gasteiger partial charge in [-0.2, -0.15) is 13.2 Å². The van der Waals surface area contributed by atoms with Crippen molar-refractivity contribution in [3.05, 3.63) is 0 Å². The first-order valence-electron chi connectivity index (χ1n) is 5.98. The maximum atomic E-state index is 12.5. The first kappa shape index (κ1) is 15.2. The molecule has 104 valence electrons. The van der Waals surface area contributed by atoms with Gasteiger partial charge in [-0.15, -0.1) is 0 Å². The number of hydrogen-bond acceptors (Lipinski definition) is 2. The van der Waals surface area contributed by atoms with Crippen LogP contribution in [0.5, 0.6) is 0 Å². The van der Waals surface area contributed by atoms with E-state index in [1.165, 1.54) is 0 Å². The van der Waals surface area contributed by atoms with Crippen molar-refractivity contribution >= 4 is 23.1 Å². The minimum Gasteiger partial charge on any atom is -0.393 e. The lowest BCUT2D eigenvalue weighted by Crippen LogP contribution is -2.48. The van der Waals surface area contributed by atoms with Crippen molar-refractivity contribution in [1.82, 2.24) is 4.90 Å². The van der Waals surface area contributed by atoms with E-state index in [0.29, 0.717) is 12.8 Å². The summed E-state index contributed by atoms with van der Waals surface area (Å²) >= 11 is 4.65. The molecule has 1 fully saturated rings. The van der Waals surface area contributed by atoms with Crippen LogP contribution in [0.25, 0.3) is 0 Å². The van der Waals surface area contributed by atoms with Gasteiger partial charge in [0, 0.05) is 19.0 Å². The summed E-state index contributed by atoms with van der Waals surface area (Å²) in [6.45, 7) is -0.0433. The van der Waals surface area contributed by atoms with Crippen molar-refractivity contribution in [1.29, 1.82) is 0 Å². The Morgan fingerprint density at radius 3 is 2.28 bits per heavy atom. The number of hydrogen-bond donors (Lipinski definition) is 1. The second-order valence-corrected chi connectivity index (χ2v) is 5.03. The van der Waals surface area contributed by atoms with Crippen molar-refractivity contribution in [2.45, 2.75) is 50.7 Å². The van der Waals surface area contributed by atoms with Crippen LogP contribution in [-0.4, -0.2) is 34.6 Å². The van der Waals surface area contributed by atoms with Crippen LogP contribution in [0.15, 0.2) is 0 Å². The van der Waals surface area contributed by atoms with Gasteiger partial charge in [0.05, 0.1) is 4.99 Å². The molecule has 0 heterocycles. The number of carbonyl (C=O) groups is 1. The van der Waals surface area contributed by atoms with Crippen LogP contribution >= 0.6 is 12.2 Å². The topological polar surface area (TPSA) is 46.3 Å². The van der Waals surface area contributed by atoms with Gasteiger partial charge in [0.25, 0.3) is 0 Å². The van der Waals surface area contributed by atoms with Gasteiger partial charge >= 0.3 is 12.1 Å². The number of carbonyl (C=O) groups excluding carboxylic acids is 1. The SMILES string of the molecule is NC(=S)CCN(C(=O)C(F)(F)F)C1CCCCC1. The first-order valence-corrected chi connectivity index (χ1v) is 6.39. The number of nitrogens with two attached hydrogens (primary N) is 1. The lowest BCUT2D eigenvalue weighted by atomic mass is 9.94. The van der Waals surface area contributed by atoms with Crippen molar-refractivity contribution in [2.75, 3.05) is 6.54 Å². The summed E-state index contributed by atoms with van der Waals surface area (Å²) in [5, 5.41) is 0. The Morgan fingerprint density at radius 1 is 1.28 bits per heavy atom. The van der Waals surface area contributed by atoms with Crippen LogP contribution in [0, 0.1) is 0 Å². The molecule has 1 amide bonds. The maximum Gasteiger partial charge on any atom is 0.471 e. The van der Waals surface area contributed by atoms with Gasteiger partial charge in [0.15, 0.2) is 0 Å². The van der Waals surface area contributed by atoms with E-state index in [-0.39, 0.29) is 24.0 Å². The molecule has 0 bridgehead atoms. The standard InChI is InChI=1S/C11H17F3N2OS/c12-11(13,14)10(17)16(7-6-9(15)18)8-4-2-1-3-5-8/h8H,1-7H2,(H2,15,18). The molecule has 18 heavy (non-hydrogen) atoms. The molecule has 0 aromatic rings. The van der Waals surface area contributed by atoms with E-state index in [9.17, 15) is 18.0 Å². The highest BCUT2D eigenvalue weighted by molar-refractivity contribution is 7.80. The Labute approximate surface area is 109 Å². The molecule has 0 unspecified atom stereocenters. The van der Waals surface area contributed by atoms with Crippen LogP contribution in [0.2, 0.25) is 0 Å². The van der Waals surface area contributed by atoms with Gasteiger partial charge in [0.1, 0.15) is 0 Å². The third-order valence-electron chi connectivity index (χ3n) is 3.12. The molecule has 1 saturated carbocycles. The highest BCUT2D eigenvalue weighted by Crippen LogP contribution is 2.27. The number of rotatable bonds is 4. The van der Waals surface area contributed by atoms with E-state index in [1.807, 2.05) is 0 Å². The molecule has 1 aliphatic carbocycles. The highest BCUT2D eigenvalue weighted by atomic mass is 32.1. The quantitative estimate of drug-likeness (QED) is 0.805. The Morgan fingerprint density at radius 2 is 1.83 bits per heavy atom. The number of thiocarbonyl (C=S) groups is 1. The van der Waals surface area contributed by atoms with Crippen molar-refractivity contribution in [3.63, 3.8) is 0 Å². The maximum absolute atomic E-state index is 12.5. The smallest absolute Gasteiger partial charge is 0.393 e. The zero-order chi connectivity index (χ0) is 13.8. The molecule has 1 aliphatic rings. The third kappa shape index (κ3) is 4.44. The molecule has 0 aromatic heterocycles. The molecular formula is C11H17F3N2OS. The molecule has 0 saturated heterocycles. The van der Waals surface area contributed by atoms with Crippen LogP contribution in [0.3, 0.4) is 0 Å². The summed E-state index contributed by atoms with van der Waals surface area (Å²) < 4.78 is 37.6. The Kier molecular flexibility index (Phi) is 5.37. The Bertz CT molecular complexity index is 314. The zero-order valence-corrected chi connectivity index (χ0v) is 10.8. The highest BCUT2D eigenvalue weighted by Gasteiger charge is 2.44. The molecule has 2 N–H and O–H groups in total. The van der Waals surface area contributed by atoms with Crippen molar-refractivity contribution < 1.29 is 18.0 Å². The van der Waals surface area contributed by atoms with E-state index >= 15 is 0 Å². The zero-order valence-electron chi connectivity index (χ0n) is 10.0. The second-order valence-electron chi connectivity index (χ2n) is 4.50. The normalized spacial score (nSPS) is 17.5. The number of halogens is 3. The second kappa shape index (κ2) is 6.36. The van der Waals surface area contributed by atoms with Crippen LogP contribution < -0.4 is 5.73 Å². The fourth-order valence-electron chi connectivity index (χ4n) is 2.24. The number of alkyl halides is 3. The van der Waals surface area contributed by atoms with E-state index in [0.717, 1.165) is 24.2 Å². The van der Waals surface area contributed by atoms with E-state index < -0.39 is 12.1 Å². The van der Waals surface area contributed by atoms with Gasteiger partial charge in [-0.3, -0.25) is 4.79 Å². The Hall–Kier alpha value is -0.850. The molecule has 1 rings (SSSR count). The van der Waals surface area contributed by atoms with E-state index in [2.05, 4.69) is 12.2 Å². The third-order valence-corrected chi connectivity index (χ3v) is 3.32. The monoisotopic (exact) mass is 282 g/mol. The fraction of sp³-hybridized carbons (Fsp3) is 0.818. The first-order chi connectivity index (χ1) is 8.32. The number of amides is 1. The van der Waals surface area contributed by atoms with Crippen LogP contribution in [0.1, 0.15) is 38.5 Å². The molecule has 0 aromatic carbocycles. The predicted octanol–water partition coefficient (Wildman–Crippen LogP) is 2.39. The average molecular weight is 282 g/mol. The summed E-state index contributed by atoms with van der Waals surface area (Å²) in [5.41, 5.74) is 5.29. The van der Waals surface area contributed by atoms with E-state index in [1.54, 1.807) is 0 Å². The fourth-order valence-corrected chi connectivity index (χ4v) is 2.33. The van der Waals surface area contributed by atoms with Gasteiger partial charge in [-0.05, 0) is 12.8 Å². The lowest BCUT2D eigenvalue weighted by molar-refractivity contribution is -0.188. The van der Waals surface area contributed by atoms with E-state index in [4.69, 9.17) is 5.73 Å². The molecule has 0 atom stereocenters. The number of nitrogens with zero attached hydrogens (tertiary/aromatic N) is 1. The molecule has 0 spiro atoms. The van der Waals surface area contributed by atoms with Crippen LogP contribution in [0.4, 0.5) is 13.2 Å². The van der Waals surface area contributed by atoms with Crippen LogP contribution in [-0.2, 0) is 4.79 Å². The summed E-state index contributed by atoms with van der Waals surface area (Å²) in [6, 6.07) is -0.331. The van der Waals surface area contributed by atoms with Gasteiger partial charge in [-0.1, -0.05) is 31.5 Å². The summed E-state index contributed by atoms with van der Waals surface area (Å²) in [5.74, 6) is -1.77. The Balaban J connectivity index is 2.73. The van der Waals surface area contributed by atoms with Gasteiger partial charge in [-0.25, -0.2) is 0 Å². The molecule has 0 radical (unpaired) electrons. The van der Waals surface area contributed by atoms with Gasteiger partial charge < -0.3 is 10.6 Å². The van der Waals surface area contributed by atoms with Gasteiger partial charge in [0.2, 0.25) is 0 Å². The molecular weight excluding hydrogens is 265 g/mol.